The number of ether oxygens (including phenoxy) is 1. The third-order valence-electron chi connectivity index (χ3n) is 3.38. The molecule has 0 radical (unpaired) electrons. The van der Waals surface area contributed by atoms with Crippen LogP contribution in [0.2, 0.25) is 0 Å². The number of hydrogen-bond donors (Lipinski definition) is 0. The van der Waals surface area contributed by atoms with Gasteiger partial charge in [-0.3, -0.25) is 4.90 Å². The summed E-state index contributed by atoms with van der Waals surface area (Å²) in [6.07, 6.45) is -3.43. The third kappa shape index (κ3) is 3.83. The van der Waals surface area contributed by atoms with Crippen molar-refractivity contribution in [3.05, 3.63) is 23.9 Å². The first-order chi connectivity index (χ1) is 9.50. The van der Waals surface area contributed by atoms with E-state index in [1.807, 2.05) is 4.90 Å². The van der Waals surface area contributed by atoms with E-state index in [-0.39, 0.29) is 0 Å². The molecule has 0 aromatic carbocycles. The standard InChI is InChI=1S/C13H18F3N3O/c1-20-9-8-18-4-6-19(7-5-18)12-3-2-11(10-17-12)13(14,15)16/h2-3,10H,4-9H2,1H3. The van der Waals surface area contributed by atoms with E-state index in [4.69, 9.17) is 4.74 Å². The van der Waals surface area contributed by atoms with E-state index in [0.29, 0.717) is 12.4 Å². The molecule has 0 amide bonds. The van der Waals surface area contributed by atoms with Crippen LogP contribution in [-0.4, -0.2) is 56.3 Å². The molecule has 0 N–H and O–H groups in total. The minimum Gasteiger partial charge on any atom is -0.383 e. The number of pyridine rings is 1. The predicted molar refractivity (Wildman–Crippen MR) is 69.8 cm³/mol. The Morgan fingerprint density at radius 3 is 2.40 bits per heavy atom. The van der Waals surface area contributed by atoms with Gasteiger partial charge in [-0.05, 0) is 12.1 Å². The van der Waals surface area contributed by atoms with Crippen LogP contribution in [0.1, 0.15) is 5.56 Å². The Morgan fingerprint density at radius 1 is 1.20 bits per heavy atom. The molecule has 1 fully saturated rings. The minimum atomic E-state index is -4.33. The van der Waals surface area contributed by atoms with Crippen LogP contribution in [0.3, 0.4) is 0 Å². The molecule has 0 spiro atoms. The molecule has 0 saturated carbocycles. The maximum absolute atomic E-state index is 12.5. The number of nitrogens with zero attached hydrogens (tertiary/aromatic N) is 3. The van der Waals surface area contributed by atoms with Crippen molar-refractivity contribution in [3.63, 3.8) is 0 Å². The van der Waals surface area contributed by atoms with Crippen LogP contribution in [-0.2, 0) is 10.9 Å². The van der Waals surface area contributed by atoms with E-state index < -0.39 is 11.7 Å². The molecule has 2 rings (SSSR count). The molecule has 0 aliphatic carbocycles. The van der Waals surface area contributed by atoms with Gasteiger partial charge in [-0.15, -0.1) is 0 Å². The molecule has 1 aromatic heterocycles. The summed E-state index contributed by atoms with van der Waals surface area (Å²) in [6.45, 7) is 4.84. The number of halogens is 3. The quantitative estimate of drug-likeness (QED) is 0.846. The molecular weight excluding hydrogens is 271 g/mol. The van der Waals surface area contributed by atoms with Gasteiger partial charge in [-0.2, -0.15) is 13.2 Å². The zero-order chi connectivity index (χ0) is 14.6. The SMILES string of the molecule is COCCN1CCN(c2ccc(C(F)(F)F)cn2)CC1. The van der Waals surface area contributed by atoms with Crippen LogP contribution < -0.4 is 4.90 Å². The second-order valence-electron chi connectivity index (χ2n) is 4.72. The highest BCUT2D eigenvalue weighted by molar-refractivity contribution is 5.40. The van der Waals surface area contributed by atoms with Gasteiger partial charge in [0.2, 0.25) is 0 Å². The number of hydrogen-bond acceptors (Lipinski definition) is 4. The Morgan fingerprint density at radius 2 is 1.90 bits per heavy atom. The van der Waals surface area contributed by atoms with Crippen molar-refractivity contribution in [1.29, 1.82) is 0 Å². The van der Waals surface area contributed by atoms with Crippen molar-refractivity contribution in [2.24, 2.45) is 0 Å². The fourth-order valence-electron chi connectivity index (χ4n) is 2.16. The van der Waals surface area contributed by atoms with Crippen LogP contribution in [0.4, 0.5) is 19.0 Å². The molecule has 1 aliphatic heterocycles. The fourth-order valence-corrected chi connectivity index (χ4v) is 2.16. The van der Waals surface area contributed by atoms with E-state index >= 15 is 0 Å². The van der Waals surface area contributed by atoms with Gasteiger partial charge >= 0.3 is 6.18 Å². The number of rotatable bonds is 4. The topological polar surface area (TPSA) is 28.6 Å². The average molecular weight is 289 g/mol. The molecule has 7 heteroatoms. The van der Waals surface area contributed by atoms with Crippen molar-refractivity contribution >= 4 is 5.82 Å². The smallest absolute Gasteiger partial charge is 0.383 e. The van der Waals surface area contributed by atoms with Crippen LogP contribution in [0, 0.1) is 0 Å². The zero-order valence-corrected chi connectivity index (χ0v) is 11.4. The minimum absolute atomic E-state index is 0.601. The summed E-state index contributed by atoms with van der Waals surface area (Å²) < 4.78 is 42.4. The molecule has 1 saturated heterocycles. The third-order valence-corrected chi connectivity index (χ3v) is 3.38. The highest BCUT2D eigenvalue weighted by Gasteiger charge is 2.31. The summed E-state index contributed by atoms with van der Waals surface area (Å²) in [5.41, 5.74) is -0.708. The summed E-state index contributed by atoms with van der Waals surface area (Å²) in [4.78, 5) is 8.19. The van der Waals surface area contributed by atoms with Crippen molar-refractivity contribution in [1.82, 2.24) is 9.88 Å². The van der Waals surface area contributed by atoms with Gasteiger partial charge in [-0.25, -0.2) is 4.98 Å². The lowest BCUT2D eigenvalue weighted by atomic mass is 10.2. The van der Waals surface area contributed by atoms with Gasteiger partial charge in [0.1, 0.15) is 5.82 Å². The number of aromatic nitrogens is 1. The lowest BCUT2D eigenvalue weighted by Gasteiger charge is -2.35. The normalized spacial score (nSPS) is 17.5. The highest BCUT2D eigenvalue weighted by Crippen LogP contribution is 2.29. The van der Waals surface area contributed by atoms with Crippen molar-refractivity contribution in [3.8, 4) is 0 Å². The number of alkyl halides is 3. The first-order valence-electron chi connectivity index (χ1n) is 6.50. The molecule has 0 bridgehead atoms. The first kappa shape index (κ1) is 15.1. The highest BCUT2D eigenvalue weighted by atomic mass is 19.4. The summed E-state index contributed by atoms with van der Waals surface area (Å²) in [7, 11) is 1.67. The average Bonchev–Trinajstić information content (AvgIpc) is 2.45. The monoisotopic (exact) mass is 289 g/mol. The van der Waals surface area contributed by atoms with Crippen LogP contribution in [0.5, 0.6) is 0 Å². The molecule has 20 heavy (non-hydrogen) atoms. The Labute approximate surface area is 116 Å². The summed E-state index contributed by atoms with van der Waals surface area (Å²) in [6, 6.07) is 2.52. The fraction of sp³-hybridized carbons (Fsp3) is 0.615. The Kier molecular flexibility index (Phi) is 4.82. The van der Waals surface area contributed by atoms with Crippen LogP contribution in [0.25, 0.3) is 0 Å². The van der Waals surface area contributed by atoms with Gasteiger partial charge < -0.3 is 9.64 Å². The second-order valence-corrected chi connectivity index (χ2v) is 4.72. The van der Waals surface area contributed by atoms with Gasteiger partial charge in [0.05, 0.1) is 12.2 Å². The Balaban J connectivity index is 1.90. The molecule has 0 atom stereocenters. The molecule has 1 aliphatic rings. The molecule has 2 heterocycles. The van der Waals surface area contributed by atoms with Gasteiger partial charge in [0.15, 0.2) is 0 Å². The van der Waals surface area contributed by atoms with E-state index in [2.05, 4.69) is 9.88 Å². The van der Waals surface area contributed by atoms with Crippen LogP contribution >= 0.6 is 0 Å². The molecule has 112 valence electrons. The molecular formula is C13H18F3N3O. The molecule has 0 unspecified atom stereocenters. The summed E-state index contributed by atoms with van der Waals surface area (Å²) in [5, 5.41) is 0. The van der Waals surface area contributed by atoms with Crippen LogP contribution in [0.15, 0.2) is 18.3 Å². The van der Waals surface area contributed by atoms with Gasteiger partial charge in [0.25, 0.3) is 0 Å². The predicted octanol–water partition coefficient (Wildman–Crippen LogP) is 1.87. The maximum Gasteiger partial charge on any atom is 0.417 e. The van der Waals surface area contributed by atoms with Crippen molar-refractivity contribution in [2.75, 3.05) is 51.3 Å². The lowest BCUT2D eigenvalue weighted by Crippen LogP contribution is -2.47. The van der Waals surface area contributed by atoms with Crippen molar-refractivity contribution in [2.45, 2.75) is 6.18 Å². The number of anilines is 1. The molecule has 4 nitrogen and oxygen atoms in total. The van der Waals surface area contributed by atoms with E-state index in [1.54, 1.807) is 7.11 Å². The second kappa shape index (κ2) is 6.41. The van der Waals surface area contributed by atoms with E-state index in [1.165, 1.54) is 6.07 Å². The number of methoxy groups -OCH3 is 1. The lowest BCUT2D eigenvalue weighted by molar-refractivity contribution is -0.137. The largest absolute Gasteiger partial charge is 0.417 e. The van der Waals surface area contributed by atoms with E-state index in [0.717, 1.165) is 45.0 Å². The van der Waals surface area contributed by atoms with Gasteiger partial charge in [-0.1, -0.05) is 0 Å². The van der Waals surface area contributed by atoms with Gasteiger partial charge in [0, 0.05) is 46.0 Å². The Bertz CT molecular complexity index is 414. The number of piperazine rings is 1. The summed E-state index contributed by atoms with van der Waals surface area (Å²) >= 11 is 0. The Hall–Kier alpha value is -1.34. The summed E-state index contributed by atoms with van der Waals surface area (Å²) in [5.74, 6) is 0.601. The zero-order valence-electron chi connectivity index (χ0n) is 11.4. The maximum atomic E-state index is 12.5. The molecule has 1 aromatic rings. The van der Waals surface area contributed by atoms with E-state index in [9.17, 15) is 13.2 Å². The van der Waals surface area contributed by atoms with Crippen molar-refractivity contribution < 1.29 is 17.9 Å². The first-order valence-corrected chi connectivity index (χ1v) is 6.50.